The molecule has 2 bridgehead atoms. The average Bonchev–Trinajstić information content (AvgIpc) is 2.89. The number of carboxylic acids is 1. The lowest BCUT2D eigenvalue weighted by molar-refractivity contribution is -0.181. The molecule has 4 fully saturated rings. The van der Waals surface area contributed by atoms with Crippen LogP contribution in [-0.4, -0.2) is 23.7 Å². The monoisotopic (exact) mass is 404 g/mol. The number of carbonyl (C=O) groups excluding carboxylic acids is 1. The van der Waals surface area contributed by atoms with E-state index in [4.69, 9.17) is 4.74 Å². The highest BCUT2D eigenvalue weighted by atomic mass is 16.5. The normalized spacial score (nSPS) is 46.1. The summed E-state index contributed by atoms with van der Waals surface area (Å²) >= 11 is 0. The van der Waals surface area contributed by atoms with Crippen molar-refractivity contribution in [2.45, 2.75) is 91.9 Å². The number of carbonyl (C=O) groups is 2. The molecular weight excluding hydrogens is 364 g/mol. The summed E-state index contributed by atoms with van der Waals surface area (Å²) in [7, 11) is 0. The average molecular weight is 405 g/mol. The van der Waals surface area contributed by atoms with E-state index in [1.807, 2.05) is 6.92 Å². The van der Waals surface area contributed by atoms with Gasteiger partial charge in [-0.25, -0.2) is 0 Å². The second kappa shape index (κ2) is 7.27. The van der Waals surface area contributed by atoms with Crippen LogP contribution in [0, 0.1) is 45.8 Å². The molecule has 0 aromatic carbocycles. The summed E-state index contributed by atoms with van der Waals surface area (Å²) in [4.78, 5) is 24.3. The molecule has 0 unspecified atom stereocenters. The van der Waals surface area contributed by atoms with E-state index in [-0.39, 0.29) is 11.4 Å². The molecule has 0 amide bonds. The Labute approximate surface area is 176 Å². The minimum absolute atomic E-state index is 0.0457. The summed E-state index contributed by atoms with van der Waals surface area (Å²) in [6.45, 7) is 9.16. The van der Waals surface area contributed by atoms with Crippen LogP contribution in [0.3, 0.4) is 0 Å². The van der Waals surface area contributed by atoms with Gasteiger partial charge in [0.2, 0.25) is 0 Å². The van der Waals surface area contributed by atoms with Crippen LogP contribution < -0.4 is 0 Å². The van der Waals surface area contributed by atoms with Gasteiger partial charge in [-0.3, -0.25) is 9.59 Å². The van der Waals surface area contributed by atoms with E-state index in [2.05, 4.69) is 20.8 Å². The van der Waals surface area contributed by atoms with Crippen LogP contribution in [0.4, 0.5) is 0 Å². The molecule has 1 spiro atoms. The van der Waals surface area contributed by atoms with Gasteiger partial charge in [-0.2, -0.15) is 0 Å². The fraction of sp³-hybridized carbons (Fsp3) is 0.920. The standard InChI is InChI=1S/C25H40O4/c1-16(2)12-21(26)29-15-18-14-25-11-8-19-23(3,20(25)7-6-17(18)13-25)9-5-10-24(19,4)22(27)28/h16-20H,5-15H2,1-4H3,(H,27,28)/t17-,18+,19+,20+,23-,24-,25+/m1/s1. The summed E-state index contributed by atoms with van der Waals surface area (Å²) in [5.41, 5.74) is -0.0479. The Hall–Kier alpha value is -1.06. The second-order valence-electron chi connectivity index (χ2n) is 11.9. The predicted octanol–water partition coefficient (Wildman–Crippen LogP) is 5.69. The molecule has 4 rings (SSSR count). The number of rotatable bonds is 5. The van der Waals surface area contributed by atoms with Gasteiger partial charge in [0, 0.05) is 6.42 Å². The van der Waals surface area contributed by atoms with Gasteiger partial charge in [-0.1, -0.05) is 27.2 Å². The summed E-state index contributed by atoms with van der Waals surface area (Å²) in [5.74, 6) is 1.85. The van der Waals surface area contributed by atoms with E-state index in [0.29, 0.717) is 48.0 Å². The molecule has 4 nitrogen and oxygen atoms in total. The lowest BCUT2D eigenvalue weighted by Crippen LogP contribution is -2.58. The summed E-state index contributed by atoms with van der Waals surface area (Å²) in [6.07, 6.45) is 10.7. The Morgan fingerprint density at radius 2 is 1.79 bits per heavy atom. The van der Waals surface area contributed by atoms with E-state index in [0.717, 1.165) is 19.3 Å². The summed E-state index contributed by atoms with van der Waals surface area (Å²) < 4.78 is 5.70. The molecule has 0 heterocycles. The maximum atomic E-state index is 12.2. The molecule has 0 aromatic rings. The fourth-order valence-electron chi connectivity index (χ4n) is 8.63. The molecule has 4 saturated carbocycles. The van der Waals surface area contributed by atoms with Crippen molar-refractivity contribution in [1.82, 2.24) is 0 Å². The molecule has 4 heteroatoms. The highest BCUT2D eigenvalue weighted by Crippen LogP contribution is 2.72. The third-order valence-corrected chi connectivity index (χ3v) is 9.79. The fourth-order valence-corrected chi connectivity index (χ4v) is 8.63. The van der Waals surface area contributed by atoms with Crippen molar-refractivity contribution in [2.24, 2.45) is 45.8 Å². The first-order valence-corrected chi connectivity index (χ1v) is 12.0. The van der Waals surface area contributed by atoms with Gasteiger partial charge in [0.05, 0.1) is 12.0 Å². The lowest BCUT2D eigenvalue weighted by atomic mass is 9.41. The third kappa shape index (κ3) is 3.33. The van der Waals surface area contributed by atoms with Gasteiger partial charge in [-0.05, 0) is 98.7 Å². The molecule has 0 aromatic heterocycles. The topological polar surface area (TPSA) is 63.6 Å². The maximum absolute atomic E-state index is 12.2. The van der Waals surface area contributed by atoms with Crippen LogP contribution in [-0.2, 0) is 14.3 Å². The molecule has 29 heavy (non-hydrogen) atoms. The van der Waals surface area contributed by atoms with Crippen molar-refractivity contribution < 1.29 is 19.4 Å². The van der Waals surface area contributed by atoms with Crippen LogP contribution in [0.1, 0.15) is 91.9 Å². The summed E-state index contributed by atoms with van der Waals surface area (Å²) in [6, 6.07) is 0. The molecule has 4 aliphatic rings. The zero-order valence-corrected chi connectivity index (χ0v) is 18.8. The smallest absolute Gasteiger partial charge is 0.309 e. The van der Waals surface area contributed by atoms with Crippen LogP contribution in [0.2, 0.25) is 0 Å². The van der Waals surface area contributed by atoms with Gasteiger partial charge >= 0.3 is 11.9 Å². The first-order valence-electron chi connectivity index (χ1n) is 12.0. The van der Waals surface area contributed by atoms with Crippen LogP contribution in [0.25, 0.3) is 0 Å². The molecule has 4 aliphatic carbocycles. The second-order valence-corrected chi connectivity index (χ2v) is 11.9. The number of hydrogen-bond acceptors (Lipinski definition) is 3. The Bertz CT molecular complexity index is 672. The Morgan fingerprint density at radius 3 is 2.48 bits per heavy atom. The quantitative estimate of drug-likeness (QED) is 0.598. The Balaban J connectivity index is 1.51. The largest absolute Gasteiger partial charge is 0.481 e. The van der Waals surface area contributed by atoms with Crippen molar-refractivity contribution in [3.8, 4) is 0 Å². The minimum Gasteiger partial charge on any atom is -0.481 e. The van der Waals surface area contributed by atoms with E-state index in [1.54, 1.807) is 0 Å². The highest BCUT2D eigenvalue weighted by molar-refractivity contribution is 5.75. The number of fused-ring (bicyclic) bond motifs is 3. The maximum Gasteiger partial charge on any atom is 0.309 e. The number of hydrogen-bond donors (Lipinski definition) is 1. The number of ether oxygens (including phenoxy) is 1. The van der Waals surface area contributed by atoms with E-state index >= 15 is 0 Å². The molecule has 7 atom stereocenters. The zero-order chi connectivity index (χ0) is 21.0. The molecule has 0 radical (unpaired) electrons. The third-order valence-electron chi connectivity index (χ3n) is 9.79. The van der Waals surface area contributed by atoms with Gasteiger partial charge in [0.1, 0.15) is 0 Å². The van der Waals surface area contributed by atoms with Gasteiger partial charge < -0.3 is 9.84 Å². The van der Waals surface area contributed by atoms with Gasteiger partial charge in [0.25, 0.3) is 0 Å². The van der Waals surface area contributed by atoms with E-state index < -0.39 is 11.4 Å². The van der Waals surface area contributed by atoms with Crippen molar-refractivity contribution in [1.29, 1.82) is 0 Å². The molecule has 164 valence electrons. The molecular formula is C25H40O4. The van der Waals surface area contributed by atoms with Crippen molar-refractivity contribution in [3.05, 3.63) is 0 Å². The Kier molecular flexibility index (Phi) is 5.31. The van der Waals surface area contributed by atoms with Crippen molar-refractivity contribution in [3.63, 3.8) is 0 Å². The van der Waals surface area contributed by atoms with Gasteiger partial charge in [0.15, 0.2) is 0 Å². The molecule has 1 N–H and O–H groups in total. The molecule has 0 aliphatic heterocycles. The number of aliphatic carboxylic acids is 1. The van der Waals surface area contributed by atoms with E-state index in [1.165, 1.54) is 38.5 Å². The van der Waals surface area contributed by atoms with E-state index in [9.17, 15) is 14.7 Å². The summed E-state index contributed by atoms with van der Waals surface area (Å²) in [5, 5.41) is 10.1. The van der Waals surface area contributed by atoms with Gasteiger partial charge in [-0.15, -0.1) is 0 Å². The van der Waals surface area contributed by atoms with Crippen LogP contribution in [0.5, 0.6) is 0 Å². The molecule has 0 saturated heterocycles. The number of carboxylic acid groups (broad SMARTS) is 1. The highest BCUT2D eigenvalue weighted by Gasteiger charge is 2.65. The first-order chi connectivity index (χ1) is 13.6. The number of esters is 1. The zero-order valence-electron chi connectivity index (χ0n) is 18.8. The first kappa shape index (κ1) is 21.2. The van der Waals surface area contributed by atoms with Crippen molar-refractivity contribution >= 4 is 11.9 Å². The lowest BCUT2D eigenvalue weighted by Gasteiger charge is -2.63. The van der Waals surface area contributed by atoms with Crippen LogP contribution in [0.15, 0.2) is 0 Å². The van der Waals surface area contributed by atoms with Crippen molar-refractivity contribution in [2.75, 3.05) is 6.61 Å². The van der Waals surface area contributed by atoms with Crippen LogP contribution >= 0.6 is 0 Å². The SMILES string of the molecule is CC(C)CC(=O)OC[C@@H]1C[C@@]23CC[C@H]4[C@@](C)(CCC[C@@]4(C)C(=O)O)[C@@H]2CC[C@@H]1C3. The minimum atomic E-state index is -0.584. The Morgan fingerprint density at radius 1 is 1.03 bits per heavy atom. The predicted molar refractivity (Wildman–Crippen MR) is 112 cm³/mol.